The summed E-state index contributed by atoms with van der Waals surface area (Å²) in [5.74, 6) is -2.13. The second kappa shape index (κ2) is 9.56. The Morgan fingerprint density at radius 1 is 0.853 bits per heavy atom. The van der Waals surface area contributed by atoms with Crippen LogP contribution in [-0.4, -0.2) is 22.8 Å². The number of halogens is 4. The Labute approximate surface area is 213 Å². The van der Waals surface area contributed by atoms with Crippen LogP contribution >= 0.6 is 46.4 Å². The Balaban J connectivity index is 1.56. The SMILES string of the molecule is O=C(Nc1cc(Cl)ccc1O)c1cccc(NC2=C(Cl)C(=O)N(c3ccc(Cl)c(Cl)c3)C2=O)c1. The lowest BCUT2D eigenvalue weighted by Gasteiger charge is -2.16. The molecule has 0 atom stereocenters. The molecule has 11 heteroatoms. The number of carbonyl (C=O) groups is 3. The first kappa shape index (κ1) is 23.9. The molecule has 0 aliphatic carbocycles. The molecule has 3 aromatic carbocycles. The van der Waals surface area contributed by atoms with Crippen LogP contribution in [0.25, 0.3) is 0 Å². The summed E-state index contributed by atoms with van der Waals surface area (Å²) in [7, 11) is 0. The van der Waals surface area contributed by atoms with Crippen molar-refractivity contribution in [3.05, 3.63) is 92.0 Å². The fourth-order valence-electron chi connectivity index (χ4n) is 3.16. The smallest absolute Gasteiger partial charge is 0.283 e. The summed E-state index contributed by atoms with van der Waals surface area (Å²) in [6.07, 6.45) is 0. The van der Waals surface area contributed by atoms with Gasteiger partial charge in [0.15, 0.2) is 0 Å². The van der Waals surface area contributed by atoms with Crippen LogP contribution in [0.2, 0.25) is 15.1 Å². The van der Waals surface area contributed by atoms with Gasteiger partial charge in [0.1, 0.15) is 16.5 Å². The molecule has 7 nitrogen and oxygen atoms in total. The molecule has 0 saturated heterocycles. The van der Waals surface area contributed by atoms with E-state index in [1.807, 2.05) is 0 Å². The molecule has 0 radical (unpaired) electrons. The van der Waals surface area contributed by atoms with E-state index in [1.165, 1.54) is 48.5 Å². The maximum atomic E-state index is 13.0. The highest BCUT2D eigenvalue weighted by Crippen LogP contribution is 2.34. The quantitative estimate of drug-likeness (QED) is 0.273. The van der Waals surface area contributed by atoms with Crippen LogP contribution in [-0.2, 0) is 9.59 Å². The van der Waals surface area contributed by atoms with Gasteiger partial charge < -0.3 is 15.7 Å². The molecule has 1 aliphatic heterocycles. The van der Waals surface area contributed by atoms with Gasteiger partial charge in [-0.1, -0.05) is 52.5 Å². The standard InChI is InChI=1S/C23H13Cl4N3O4/c24-12-4-7-18(31)17(9-12)29-21(32)11-2-1-3-13(8-11)28-20-19(27)22(33)30(23(20)34)14-5-6-15(25)16(26)10-14/h1-10,28,31H,(H,29,32). The monoisotopic (exact) mass is 535 g/mol. The molecular formula is C23H13Cl4N3O4. The van der Waals surface area contributed by atoms with E-state index >= 15 is 0 Å². The van der Waals surface area contributed by atoms with Crippen molar-refractivity contribution in [1.82, 2.24) is 0 Å². The first-order valence-electron chi connectivity index (χ1n) is 9.56. The summed E-state index contributed by atoms with van der Waals surface area (Å²) < 4.78 is 0. The van der Waals surface area contributed by atoms with Gasteiger partial charge in [0.2, 0.25) is 0 Å². The van der Waals surface area contributed by atoms with E-state index in [-0.39, 0.29) is 43.5 Å². The van der Waals surface area contributed by atoms with Gasteiger partial charge in [0.25, 0.3) is 17.7 Å². The number of hydrogen-bond acceptors (Lipinski definition) is 5. The van der Waals surface area contributed by atoms with Gasteiger partial charge in [0, 0.05) is 16.3 Å². The van der Waals surface area contributed by atoms with Gasteiger partial charge >= 0.3 is 0 Å². The van der Waals surface area contributed by atoms with Crippen molar-refractivity contribution in [2.75, 3.05) is 15.5 Å². The van der Waals surface area contributed by atoms with Crippen LogP contribution < -0.4 is 15.5 Å². The molecule has 0 unspecified atom stereocenters. The molecule has 1 aliphatic rings. The number of nitrogens with one attached hydrogen (secondary N) is 2. The maximum Gasteiger partial charge on any atom is 0.283 e. The van der Waals surface area contributed by atoms with Crippen LogP contribution in [0, 0.1) is 0 Å². The number of amides is 3. The Morgan fingerprint density at radius 2 is 1.62 bits per heavy atom. The van der Waals surface area contributed by atoms with E-state index < -0.39 is 17.7 Å². The zero-order valence-electron chi connectivity index (χ0n) is 16.9. The molecule has 0 spiro atoms. The molecule has 0 aromatic heterocycles. The number of phenolic OH excluding ortho intramolecular Hbond substituents is 1. The minimum Gasteiger partial charge on any atom is -0.506 e. The number of phenols is 1. The lowest BCUT2D eigenvalue weighted by molar-refractivity contribution is -0.120. The second-order valence-electron chi connectivity index (χ2n) is 7.05. The Morgan fingerprint density at radius 3 is 2.35 bits per heavy atom. The molecule has 3 aromatic rings. The van der Waals surface area contributed by atoms with Crippen molar-refractivity contribution < 1.29 is 19.5 Å². The van der Waals surface area contributed by atoms with Gasteiger partial charge in [-0.3, -0.25) is 14.4 Å². The van der Waals surface area contributed by atoms with Crippen LogP contribution in [0.4, 0.5) is 17.1 Å². The van der Waals surface area contributed by atoms with Crippen molar-refractivity contribution in [3.8, 4) is 5.75 Å². The van der Waals surface area contributed by atoms with Gasteiger partial charge in [-0.05, 0) is 54.6 Å². The summed E-state index contributed by atoms with van der Waals surface area (Å²) in [4.78, 5) is 39.1. The number of nitrogens with zero attached hydrogens (tertiary/aromatic N) is 1. The summed E-state index contributed by atoms with van der Waals surface area (Å²) in [6.45, 7) is 0. The Hall–Kier alpha value is -3.23. The minimum absolute atomic E-state index is 0.135. The van der Waals surface area contributed by atoms with Gasteiger partial charge in [-0.15, -0.1) is 0 Å². The summed E-state index contributed by atoms with van der Waals surface area (Å²) in [6, 6.07) is 14.7. The van der Waals surface area contributed by atoms with E-state index in [1.54, 1.807) is 12.1 Å². The van der Waals surface area contributed by atoms with Crippen molar-refractivity contribution in [3.63, 3.8) is 0 Å². The molecule has 0 bridgehead atoms. The third-order valence-electron chi connectivity index (χ3n) is 4.79. The summed E-state index contributed by atoms with van der Waals surface area (Å²) in [5, 5.41) is 15.7. The predicted octanol–water partition coefficient (Wildman–Crippen LogP) is 6.04. The highest BCUT2D eigenvalue weighted by molar-refractivity contribution is 6.53. The largest absolute Gasteiger partial charge is 0.506 e. The lowest BCUT2D eigenvalue weighted by Crippen LogP contribution is -2.32. The van der Waals surface area contributed by atoms with Crippen LogP contribution in [0.3, 0.4) is 0 Å². The van der Waals surface area contributed by atoms with E-state index in [0.29, 0.717) is 10.7 Å². The number of imide groups is 1. The van der Waals surface area contributed by atoms with E-state index in [2.05, 4.69) is 10.6 Å². The molecule has 0 saturated carbocycles. The molecule has 3 N–H and O–H groups in total. The minimum atomic E-state index is -0.738. The molecule has 34 heavy (non-hydrogen) atoms. The zero-order valence-corrected chi connectivity index (χ0v) is 19.9. The third kappa shape index (κ3) is 4.69. The number of anilines is 3. The van der Waals surface area contributed by atoms with Crippen molar-refractivity contribution >= 4 is 81.2 Å². The Kier molecular flexibility index (Phi) is 6.72. The number of rotatable bonds is 5. The van der Waals surface area contributed by atoms with Crippen LogP contribution in [0.1, 0.15) is 10.4 Å². The molecular weight excluding hydrogens is 524 g/mol. The fourth-order valence-corrected chi connectivity index (χ4v) is 3.83. The zero-order chi connectivity index (χ0) is 24.6. The van der Waals surface area contributed by atoms with Crippen LogP contribution in [0.15, 0.2) is 71.4 Å². The van der Waals surface area contributed by atoms with E-state index in [0.717, 1.165) is 4.90 Å². The lowest BCUT2D eigenvalue weighted by atomic mass is 10.1. The maximum absolute atomic E-state index is 13.0. The van der Waals surface area contributed by atoms with Gasteiger partial charge in [0.05, 0.1) is 21.4 Å². The summed E-state index contributed by atoms with van der Waals surface area (Å²) in [5.41, 5.74) is 0.708. The first-order valence-corrected chi connectivity index (χ1v) is 11.1. The highest BCUT2D eigenvalue weighted by atomic mass is 35.5. The number of carbonyl (C=O) groups excluding carboxylic acids is 3. The second-order valence-corrected chi connectivity index (χ2v) is 8.68. The topological polar surface area (TPSA) is 98.7 Å². The molecule has 172 valence electrons. The van der Waals surface area contributed by atoms with Gasteiger partial charge in [-0.25, -0.2) is 4.90 Å². The fraction of sp³-hybridized carbons (Fsp3) is 0. The predicted molar refractivity (Wildman–Crippen MR) is 133 cm³/mol. The normalized spacial score (nSPS) is 13.5. The summed E-state index contributed by atoms with van der Waals surface area (Å²) >= 11 is 24.0. The molecule has 1 heterocycles. The average molecular weight is 537 g/mol. The van der Waals surface area contributed by atoms with E-state index in [9.17, 15) is 19.5 Å². The van der Waals surface area contributed by atoms with Crippen molar-refractivity contribution in [1.29, 1.82) is 0 Å². The first-order chi connectivity index (χ1) is 16.2. The Bertz CT molecular complexity index is 1390. The highest BCUT2D eigenvalue weighted by Gasteiger charge is 2.39. The van der Waals surface area contributed by atoms with E-state index in [4.69, 9.17) is 46.4 Å². The molecule has 3 amide bonds. The van der Waals surface area contributed by atoms with Crippen LogP contribution in [0.5, 0.6) is 5.75 Å². The number of aromatic hydroxyl groups is 1. The van der Waals surface area contributed by atoms with Crippen molar-refractivity contribution in [2.45, 2.75) is 0 Å². The average Bonchev–Trinajstić information content (AvgIpc) is 3.01. The number of benzene rings is 3. The number of hydrogen-bond donors (Lipinski definition) is 3. The molecule has 0 fully saturated rings. The molecule has 4 rings (SSSR count). The van der Waals surface area contributed by atoms with Gasteiger partial charge in [-0.2, -0.15) is 0 Å². The van der Waals surface area contributed by atoms with Crippen molar-refractivity contribution in [2.24, 2.45) is 0 Å². The third-order valence-corrected chi connectivity index (χ3v) is 6.11.